The lowest BCUT2D eigenvalue weighted by atomic mass is 9.99. The molecule has 0 fully saturated rings. The molecule has 1 aliphatic heterocycles. The summed E-state index contributed by atoms with van der Waals surface area (Å²) in [6.45, 7) is -0.432. The maximum atomic E-state index is 13.6. The number of amides is 1. The molecule has 0 aliphatic carbocycles. The lowest BCUT2D eigenvalue weighted by molar-refractivity contribution is -0.274. The minimum Gasteiger partial charge on any atom is -0.454 e. The van der Waals surface area contributed by atoms with E-state index < -0.39 is 29.2 Å². The zero-order chi connectivity index (χ0) is 28.7. The van der Waals surface area contributed by atoms with E-state index in [2.05, 4.69) is 10.1 Å². The molecule has 11 heteroatoms. The second-order valence-electron chi connectivity index (χ2n) is 9.24. The Kier molecular flexibility index (Phi) is 6.33. The lowest BCUT2D eigenvalue weighted by Crippen LogP contribution is -2.24. The van der Waals surface area contributed by atoms with Crippen LogP contribution in [-0.2, 0) is 11.3 Å². The summed E-state index contributed by atoms with van der Waals surface area (Å²) in [5, 5.41) is 4.40. The highest BCUT2D eigenvalue weighted by molar-refractivity contribution is 6.12. The van der Waals surface area contributed by atoms with E-state index in [0.717, 1.165) is 22.9 Å². The predicted octanol–water partition coefficient (Wildman–Crippen LogP) is 5.65. The molecule has 1 aliphatic rings. The van der Waals surface area contributed by atoms with Crippen molar-refractivity contribution in [1.29, 1.82) is 0 Å². The normalized spacial score (nSPS) is 12.5. The van der Waals surface area contributed by atoms with Gasteiger partial charge < -0.3 is 24.1 Å². The average molecular weight is 560 g/mol. The fourth-order valence-electron chi connectivity index (χ4n) is 4.68. The van der Waals surface area contributed by atoms with Crippen molar-refractivity contribution in [3.8, 4) is 17.2 Å². The van der Waals surface area contributed by atoms with Crippen LogP contribution in [-0.4, -0.2) is 29.4 Å². The molecule has 0 spiro atoms. The summed E-state index contributed by atoms with van der Waals surface area (Å²) in [6, 6.07) is 20.4. The first-order chi connectivity index (χ1) is 19.6. The summed E-state index contributed by atoms with van der Waals surface area (Å²) in [7, 11) is 0. The van der Waals surface area contributed by atoms with Gasteiger partial charge in [-0.1, -0.05) is 42.5 Å². The predicted molar refractivity (Wildman–Crippen MR) is 143 cm³/mol. The van der Waals surface area contributed by atoms with E-state index in [1.165, 1.54) is 35.0 Å². The molecule has 1 N–H and O–H groups in total. The maximum Gasteiger partial charge on any atom is 0.573 e. The zero-order valence-electron chi connectivity index (χ0n) is 21.0. The van der Waals surface area contributed by atoms with Crippen LogP contribution in [0.4, 0.5) is 18.9 Å². The number of aromatic nitrogens is 1. The highest BCUT2D eigenvalue weighted by Gasteiger charge is 2.31. The number of benzene rings is 4. The molecule has 0 bridgehead atoms. The van der Waals surface area contributed by atoms with Crippen LogP contribution in [0.1, 0.15) is 15.9 Å². The summed E-state index contributed by atoms with van der Waals surface area (Å²) < 4.78 is 54.0. The van der Waals surface area contributed by atoms with Crippen LogP contribution in [0.15, 0.2) is 89.9 Å². The molecule has 5 aromatic rings. The van der Waals surface area contributed by atoms with Crippen LogP contribution in [0.25, 0.3) is 21.7 Å². The number of halogens is 3. The molecule has 4 aromatic carbocycles. The van der Waals surface area contributed by atoms with Gasteiger partial charge in [-0.15, -0.1) is 13.2 Å². The standard InChI is InChI=1S/C30H19F3N2O6/c31-30(32,33)41-21-7-3-6-20(11-21)34-27(36)15-35-14-23(28(37)19-9-8-17-4-1-2-5-18(17)10-19)29(38)22-12-25-26(13-24(22)35)40-16-39-25/h1-14H,15-16H2,(H,34,36). The van der Waals surface area contributed by atoms with Crippen LogP contribution in [0.2, 0.25) is 0 Å². The monoisotopic (exact) mass is 560 g/mol. The van der Waals surface area contributed by atoms with E-state index in [0.29, 0.717) is 22.6 Å². The van der Waals surface area contributed by atoms with Gasteiger partial charge in [0, 0.05) is 29.6 Å². The largest absolute Gasteiger partial charge is 0.573 e. The second kappa shape index (κ2) is 10.0. The Morgan fingerprint density at radius 2 is 1.66 bits per heavy atom. The Bertz CT molecular complexity index is 1920. The SMILES string of the molecule is O=C(Cn1cc(C(=O)c2ccc3ccccc3c2)c(=O)c2cc3c(cc21)OCO3)Nc1cccc(OC(F)(F)F)c1. The van der Waals surface area contributed by atoms with E-state index >= 15 is 0 Å². The van der Waals surface area contributed by atoms with E-state index in [1.807, 2.05) is 24.3 Å². The molecule has 0 unspecified atom stereocenters. The van der Waals surface area contributed by atoms with Crippen molar-refractivity contribution in [2.75, 3.05) is 12.1 Å². The van der Waals surface area contributed by atoms with Crippen molar-refractivity contribution >= 4 is 39.1 Å². The first kappa shape index (κ1) is 25.9. The average Bonchev–Trinajstić information content (AvgIpc) is 3.40. The summed E-state index contributed by atoms with van der Waals surface area (Å²) in [5.74, 6) is -0.980. The Balaban J connectivity index is 1.38. The molecule has 0 saturated heterocycles. The molecule has 6 rings (SSSR count). The number of hydrogen-bond donors (Lipinski definition) is 1. The Morgan fingerprint density at radius 3 is 2.44 bits per heavy atom. The molecule has 1 amide bonds. The van der Waals surface area contributed by atoms with Gasteiger partial charge in [0.25, 0.3) is 0 Å². The highest BCUT2D eigenvalue weighted by Crippen LogP contribution is 2.35. The number of alkyl halides is 3. The molecule has 8 nitrogen and oxygen atoms in total. The highest BCUT2D eigenvalue weighted by atomic mass is 19.4. The Labute approximate surface area is 229 Å². The van der Waals surface area contributed by atoms with Gasteiger partial charge in [0.05, 0.1) is 16.5 Å². The number of hydrogen-bond acceptors (Lipinski definition) is 6. The quantitative estimate of drug-likeness (QED) is 0.270. The minimum absolute atomic E-state index is 0.0560. The minimum atomic E-state index is -4.89. The fraction of sp³-hybridized carbons (Fsp3) is 0.100. The van der Waals surface area contributed by atoms with Crippen molar-refractivity contribution in [2.45, 2.75) is 12.9 Å². The fourth-order valence-corrected chi connectivity index (χ4v) is 4.68. The number of anilines is 1. The van der Waals surface area contributed by atoms with Gasteiger partial charge in [-0.2, -0.15) is 0 Å². The van der Waals surface area contributed by atoms with Crippen LogP contribution in [0, 0.1) is 0 Å². The third kappa shape index (κ3) is 5.29. The third-order valence-electron chi connectivity index (χ3n) is 6.50. The first-order valence-corrected chi connectivity index (χ1v) is 12.3. The first-order valence-electron chi connectivity index (χ1n) is 12.3. The zero-order valence-corrected chi connectivity index (χ0v) is 21.0. The van der Waals surface area contributed by atoms with Gasteiger partial charge in [-0.3, -0.25) is 14.4 Å². The summed E-state index contributed by atoms with van der Waals surface area (Å²) >= 11 is 0. The Hall–Kier alpha value is -5.32. The van der Waals surface area contributed by atoms with E-state index in [9.17, 15) is 27.6 Å². The summed E-state index contributed by atoms with van der Waals surface area (Å²) in [5.41, 5.74) is -0.0608. The number of carbonyl (C=O) groups excluding carboxylic acids is 2. The van der Waals surface area contributed by atoms with Gasteiger partial charge in [0.2, 0.25) is 18.1 Å². The molecule has 1 aromatic heterocycles. The molecule has 0 saturated carbocycles. The van der Waals surface area contributed by atoms with Crippen molar-refractivity contribution in [2.24, 2.45) is 0 Å². The van der Waals surface area contributed by atoms with Crippen LogP contribution in [0.5, 0.6) is 17.2 Å². The molecule has 2 heterocycles. The molecule has 41 heavy (non-hydrogen) atoms. The smallest absolute Gasteiger partial charge is 0.454 e. The van der Waals surface area contributed by atoms with Crippen molar-refractivity contribution in [3.05, 3.63) is 106 Å². The van der Waals surface area contributed by atoms with Gasteiger partial charge in [-0.05, 0) is 35.0 Å². The number of rotatable bonds is 6. The van der Waals surface area contributed by atoms with Gasteiger partial charge in [0.1, 0.15) is 12.3 Å². The number of fused-ring (bicyclic) bond motifs is 3. The van der Waals surface area contributed by atoms with E-state index in [-0.39, 0.29) is 30.0 Å². The van der Waals surface area contributed by atoms with Gasteiger partial charge >= 0.3 is 6.36 Å². The molecule has 0 radical (unpaired) electrons. The van der Waals surface area contributed by atoms with E-state index in [4.69, 9.17) is 9.47 Å². The molecular formula is C30H19F3N2O6. The number of ketones is 1. The molecule has 206 valence electrons. The van der Waals surface area contributed by atoms with Crippen LogP contribution >= 0.6 is 0 Å². The third-order valence-corrected chi connectivity index (χ3v) is 6.50. The second-order valence-corrected chi connectivity index (χ2v) is 9.24. The van der Waals surface area contributed by atoms with Crippen molar-refractivity contribution in [3.63, 3.8) is 0 Å². The van der Waals surface area contributed by atoms with Crippen LogP contribution < -0.4 is 25.0 Å². The number of nitrogens with one attached hydrogen (secondary N) is 1. The Morgan fingerprint density at radius 1 is 0.902 bits per heavy atom. The maximum absolute atomic E-state index is 13.6. The van der Waals surface area contributed by atoms with Gasteiger partial charge in [-0.25, -0.2) is 0 Å². The number of carbonyl (C=O) groups is 2. The van der Waals surface area contributed by atoms with Crippen molar-refractivity contribution < 1.29 is 37.0 Å². The molecule has 0 atom stereocenters. The topological polar surface area (TPSA) is 95.9 Å². The van der Waals surface area contributed by atoms with Crippen LogP contribution in [0.3, 0.4) is 0 Å². The van der Waals surface area contributed by atoms with Crippen molar-refractivity contribution in [1.82, 2.24) is 4.57 Å². The lowest BCUT2D eigenvalue weighted by Gasteiger charge is -2.15. The number of pyridine rings is 1. The van der Waals surface area contributed by atoms with Gasteiger partial charge in [0.15, 0.2) is 17.3 Å². The molecular weight excluding hydrogens is 541 g/mol. The summed E-state index contributed by atoms with van der Waals surface area (Å²) in [6.07, 6.45) is -3.59. The van der Waals surface area contributed by atoms with E-state index in [1.54, 1.807) is 18.2 Å². The summed E-state index contributed by atoms with van der Waals surface area (Å²) in [4.78, 5) is 40.2. The number of nitrogens with zero attached hydrogens (tertiary/aromatic N) is 1. The number of ether oxygens (including phenoxy) is 3.